The number of anilines is 1. The molecule has 1 aromatic heterocycles. The quantitative estimate of drug-likeness (QED) is 0.923. The molecule has 6 heteroatoms. The van der Waals surface area contributed by atoms with Crippen molar-refractivity contribution in [2.24, 2.45) is 0 Å². The summed E-state index contributed by atoms with van der Waals surface area (Å²) in [5.41, 5.74) is 0.0534. The lowest BCUT2D eigenvalue weighted by Gasteiger charge is -2.40. The van der Waals surface area contributed by atoms with Crippen LogP contribution >= 0.6 is 27.3 Å². The van der Waals surface area contributed by atoms with Crippen LogP contribution in [0.1, 0.15) is 39.5 Å². The predicted molar refractivity (Wildman–Crippen MR) is 73.5 cm³/mol. The van der Waals surface area contributed by atoms with Crippen LogP contribution < -0.4 is 5.32 Å². The van der Waals surface area contributed by atoms with E-state index in [4.69, 9.17) is 4.74 Å². The second-order valence-electron chi connectivity index (χ2n) is 4.43. The Balaban J connectivity index is 1.98. The van der Waals surface area contributed by atoms with Crippen LogP contribution in [0.3, 0.4) is 0 Å². The summed E-state index contributed by atoms with van der Waals surface area (Å²) < 4.78 is 6.78. The van der Waals surface area contributed by atoms with Gasteiger partial charge in [0.1, 0.15) is 0 Å². The van der Waals surface area contributed by atoms with Gasteiger partial charge in [-0.1, -0.05) is 25.2 Å². The van der Waals surface area contributed by atoms with Gasteiger partial charge >= 0.3 is 0 Å². The lowest BCUT2D eigenvalue weighted by Crippen LogP contribution is -2.43. The lowest BCUT2D eigenvalue weighted by molar-refractivity contribution is -0.0864. The molecule has 1 fully saturated rings. The Morgan fingerprint density at radius 2 is 2.24 bits per heavy atom. The van der Waals surface area contributed by atoms with Crippen LogP contribution in [-0.4, -0.2) is 28.4 Å². The summed E-state index contributed by atoms with van der Waals surface area (Å²) in [6.07, 6.45) is 4.24. The van der Waals surface area contributed by atoms with Crippen LogP contribution in [0.15, 0.2) is 3.92 Å². The molecule has 4 nitrogen and oxygen atoms in total. The summed E-state index contributed by atoms with van der Waals surface area (Å²) in [6.45, 7) is 5.24. The van der Waals surface area contributed by atoms with E-state index in [1.165, 1.54) is 11.3 Å². The van der Waals surface area contributed by atoms with E-state index in [0.717, 1.165) is 41.3 Å². The van der Waals surface area contributed by atoms with E-state index >= 15 is 0 Å². The molecule has 1 aliphatic heterocycles. The molecule has 1 unspecified atom stereocenters. The summed E-state index contributed by atoms with van der Waals surface area (Å²) in [7, 11) is 0. The van der Waals surface area contributed by atoms with Gasteiger partial charge in [0.15, 0.2) is 3.92 Å². The molecule has 17 heavy (non-hydrogen) atoms. The van der Waals surface area contributed by atoms with Crippen LogP contribution in [0.25, 0.3) is 0 Å². The van der Waals surface area contributed by atoms with Gasteiger partial charge in [0.25, 0.3) is 0 Å². The van der Waals surface area contributed by atoms with Gasteiger partial charge in [-0.15, -0.1) is 10.2 Å². The van der Waals surface area contributed by atoms with Crippen LogP contribution in [0.4, 0.5) is 5.13 Å². The maximum atomic E-state index is 5.96. The maximum absolute atomic E-state index is 5.96. The minimum absolute atomic E-state index is 0.0534. The molecule has 0 saturated carbocycles. The first-order chi connectivity index (χ1) is 8.17. The van der Waals surface area contributed by atoms with Crippen molar-refractivity contribution in [3.05, 3.63) is 3.92 Å². The number of hydrogen-bond donors (Lipinski definition) is 1. The van der Waals surface area contributed by atoms with E-state index in [1.807, 2.05) is 0 Å². The van der Waals surface area contributed by atoms with E-state index in [9.17, 15) is 0 Å². The third-order valence-electron chi connectivity index (χ3n) is 3.51. The number of ether oxygens (including phenoxy) is 1. The van der Waals surface area contributed by atoms with E-state index in [2.05, 4.69) is 45.3 Å². The molecule has 0 aromatic carbocycles. The Kier molecular flexibility index (Phi) is 4.38. The second kappa shape index (κ2) is 5.63. The number of rotatable bonds is 4. The predicted octanol–water partition coefficient (Wildman–Crippen LogP) is 3.45. The molecule has 0 bridgehead atoms. The van der Waals surface area contributed by atoms with Crippen molar-refractivity contribution in [2.45, 2.75) is 51.2 Å². The maximum Gasteiger partial charge on any atom is 0.206 e. The first-order valence-electron chi connectivity index (χ1n) is 6.07. The van der Waals surface area contributed by atoms with Crippen LogP contribution in [-0.2, 0) is 4.74 Å². The molecule has 1 atom stereocenters. The zero-order chi connectivity index (χ0) is 12.3. The zero-order valence-corrected chi connectivity index (χ0v) is 12.6. The van der Waals surface area contributed by atoms with E-state index in [0.29, 0.717) is 6.04 Å². The molecule has 2 rings (SSSR count). The van der Waals surface area contributed by atoms with Crippen molar-refractivity contribution in [3.63, 3.8) is 0 Å². The molecular weight excluding hydrogens is 302 g/mol. The van der Waals surface area contributed by atoms with Gasteiger partial charge in [-0.2, -0.15) is 0 Å². The zero-order valence-electron chi connectivity index (χ0n) is 10.2. The molecule has 2 heterocycles. The SMILES string of the molecule is CCC1(CC)CC(Nc2nnc(Br)s2)CCO1. The number of nitrogens with zero attached hydrogens (tertiary/aromatic N) is 2. The monoisotopic (exact) mass is 319 g/mol. The average Bonchev–Trinajstić information content (AvgIpc) is 2.75. The Hall–Kier alpha value is -0.200. The highest BCUT2D eigenvalue weighted by Gasteiger charge is 2.34. The minimum Gasteiger partial charge on any atom is -0.375 e. The highest BCUT2D eigenvalue weighted by atomic mass is 79.9. The van der Waals surface area contributed by atoms with Crippen molar-refractivity contribution in [1.29, 1.82) is 0 Å². The summed E-state index contributed by atoms with van der Waals surface area (Å²) >= 11 is 4.87. The van der Waals surface area contributed by atoms with Crippen molar-refractivity contribution >= 4 is 32.4 Å². The normalized spacial score (nSPS) is 23.6. The van der Waals surface area contributed by atoms with Gasteiger partial charge in [-0.25, -0.2) is 0 Å². The molecule has 0 amide bonds. The Morgan fingerprint density at radius 1 is 1.47 bits per heavy atom. The number of nitrogens with one attached hydrogen (secondary N) is 1. The summed E-state index contributed by atoms with van der Waals surface area (Å²) in [5.74, 6) is 0. The van der Waals surface area contributed by atoms with Crippen molar-refractivity contribution < 1.29 is 4.74 Å². The molecule has 0 spiro atoms. The minimum atomic E-state index is 0.0534. The van der Waals surface area contributed by atoms with Gasteiger partial charge in [-0.3, -0.25) is 0 Å². The fourth-order valence-corrected chi connectivity index (χ4v) is 3.42. The highest BCUT2D eigenvalue weighted by molar-refractivity contribution is 9.11. The van der Waals surface area contributed by atoms with Crippen molar-refractivity contribution in [3.8, 4) is 0 Å². The Labute approximate surface area is 114 Å². The molecule has 1 aromatic rings. The average molecular weight is 320 g/mol. The lowest BCUT2D eigenvalue weighted by atomic mass is 9.86. The Bertz CT molecular complexity index is 367. The fraction of sp³-hybridized carbons (Fsp3) is 0.818. The molecule has 1 saturated heterocycles. The standard InChI is InChI=1S/C11H18BrN3OS/c1-3-11(4-2)7-8(5-6-16-11)13-10-15-14-9(12)17-10/h8H,3-7H2,1-2H3,(H,13,15). The first-order valence-corrected chi connectivity index (χ1v) is 7.68. The Morgan fingerprint density at radius 3 is 2.82 bits per heavy atom. The van der Waals surface area contributed by atoms with Gasteiger partial charge in [0, 0.05) is 12.6 Å². The third-order valence-corrected chi connectivity index (χ3v) is 4.80. The topological polar surface area (TPSA) is 47.0 Å². The van der Waals surface area contributed by atoms with Crippen molar-refractivity contribution in [2.75, 3.05) is 11.9 Å². The van der Waals surface area contributed by atoms with Gasteiger partial charge < -0.3 is 10.1 Å². The molecule has 96 valence electrons. The summed E-state index contributed by atoms with van der Waals surface area (Å²) in [4.78, 5) is 0. The van der Waals surface area contributed by atoms with E-state index in [1.54, 1.807) is 0 Å². The number of halogens is 1. The van der Waals surface area contributed by atoms with E-state index < -0.39 is 0 Å². The number of aromatic nitrogens is 2. The first kappa shape index (κ1) is 13.2. The summed E-state index contributed by atoms with van der Waals surface area (Å²) in [6, 6.07) is 0.448. The van der Waals surface area contributed by atoms with Gasteiger partial charge in [0.2, 0.25) is 5.13 Å². The second-order valence-corrected chi connectivity index (χ2v) is 6.69. The van der Waals surface area contributed by atoms with Crippen LogP contribution in [0, 0.1) is 0 Å². The van der Waals surface area contributed by atoms with Crippen molar-refractivity contribution in [1.82, 2.24) is 10.2 Å². The molecule has 0 aliphatic carbocycles. The fourth-order valence-electron chi connectivity index (χ4n) is 2.33. The largest absolute Gasteiger partial charge is 0.375 e. The third kappa shape index (κ3) is 3.17. The van der Waals surface area contributed by atoms with Crippen LogP contribution in [0.5, 0.6) is 0 Å². The number of hydrogen-bond acceptors (Lipinski definition) is 5. The molecular formula is C11H18BrN3OS. The van der Waals surface area contributed by atoms with Gasteiger partial charge in [0.05, 0.1) is 5.60 Å². The van der Waals surface area contributed by atoms with Gasteiger partial charge in [-0.05, 0) is 41.6 Å². The molecule has 1 N–H and O–H groups in total. The highest BCUT2D eigenvalue weighted by Crippen LogP contribution is 2.33. The molecule has 1 aliphatic rings. The van der Waals surface area contributed by atoms with Crippen LogP contribution in [0.2, 0.25) is 0 Å². The molecule has 0 radical (unpaired) electrons. The summed E-state index contributed by atoms with van der Waals surface area (Å²) in [5, 5.41) is 12.4. The smallest absolute Gasteiger partial charge is 0.206 e. The van der Waals surface area contributed by atoms with E-state index in [-0.39, 0.29) is 5.60 Å².